The van der Waals surface area contributed by atoms with Gasteiger partial charge in [-0.3, -0.25) is 9.80 Å². The maximum absolute atomic E-state index is 5.72. The molecular weight excluding hydrogens is 324 g/mol. The summed E-state index contributed by atoms with van der Waals surface area (Å²) in [6, 6.07) is 9.87. The van der Waals surface area contributed by atoms with Crippen LogP contribution in [-0.2, 0) is 13.6 Å². The molecule has 1 aromatic carbocycles. The molecule has 5 heteroatoms. The molecule has 5 nitrogen and oxygen atoms in total. The summed E-state index contributed by atoms with van der Waals surface area (Å²) in [6.07, 6.45) is 6.65. The summed E-state index contributed by atoms with van der Waals surface area (Å²) in [5.74, 6) is 3.54. The fraction of sp³-hybridized carbons (Fsp3) is 0.571. The molecule has 6 rings (SSSR count). The molecule has 3 atom stereocenters. The molecule has 4 fully saturated rings. The third-order valence-electron chi connectivity index (χ3n) is 6.90. The van der Waals surface area contributed by atoms with Crippen molar-refractivity contribution in [2.75, 3.05) is 26.7 Å². The molecule has 138 valence electrons. The summed E-state index contributed by atoms with van der Waals surface area (Å²) in [4.78, 5) is 10.1. The van der Waals surface area contributed by atoms with Crippen molar-refractivity contribution in [1.29, 1.82) is 0 Å². The molecule has 4 saturated heterocycles. The van der Waals surface area contributed by atoms with Gasteiger partial charge in [0.2, 0.25) is 0 Å². The van der Waals surface area contributed by atoms with Crippen LogP contribution in [0.15, 0.2) is 36.7 Å². The normalized spacial score (nSPS) is 33.4. The molecule has 0 unspecified atom stereocenters. The number of aromatic nitrogens is 2. The van der Waals surface area contributed by atoms with Crippen LogP contribution in [-0.4, -0.2) is 58.2 Å². The Balaban J connectivity index is 1.51. The molecular formula is C21H28N4O. The Morgan fingerprint density at radius 2 is 1.96 bits per heavy atom. The summed E-state index contributed by atoms with van der Waals surface area (Å²) in [5, 5.41) is 0. The van der Waals surface area contributed by atoms with Crippen LogP contribution in [0.3, 0.4) is 0 Å². The predicted molar refractivity (Wildman–Crippen MR) is 101 cm³/mol. The Hall–Kier alpha value is -1.85. The van der Waals surface area contributed by atoms with Gasteiger partial charge in [-0.05, 0) is 37.9 Å². The summed E-state index contributed by atoms with van der Waals surface area (Å²) in [6.45, 7) is 4.55. The molecule has 0 N–H and O–H groups in total. The Bertz CT molecular complexity index is 780. The lowest BCUT2D eigenvalue weighted by molar-refractivity contribution is -0.00957. The average molecular weight is 352 g/mol. The van der Waals surface area contributed by atoms with Gasteiger partial charge in [0.1, 0.15) is 11.6 Å². The number of aryl methyl sites for hydroxylation is 1. The average Bonchev–Trinajstić information content (AvgIpc) is 3.28. The van der Waals surface area contributed by atoms with Crippen molar-refractivity contribution in [3.05, 3.63) is 48.0 Å². The first-order valence-corrected chi connectivity index (χ1v) is 9.83. The van der Waals surface area contributed by atoms with Crippen molar-refractivity contribution >= 4 is 0 Å². The topological polar surface area (TPSA) is 33.5 Å². The SMILES string of the molecule is COc1ccccc1[C@@H]1CN(Cc2nccn2C)[C@@H]2C3CCN(CC3)[C@@H]21. The van der Waals surface area contributed by atoms with E-state index in [0.717, 1.165) is 24.8 Å². The molecule has 0 spiro atoms. The first-order chi connectivity index (χ1) is 12.8. The lowest BCUT2D eigenvalue weighted by Gasteiger charge is -2.51. The maximum Gasteiger partial charge on any atom is 0.122 e. The standard InChI is InChI=1S/C21H28N4O/c1-23-12-9-22-19(23)14-25-13-17(16-5-3-4-6-18(16)26-2)21-20(25)15-7-10-24(21)11-8-15/h3-6,9,12,15,17,20-21H,7-8,10-11,13-14H2,1-2H3/t17-,20+,21+/m0/s1. The van der Waals surface area contributed by atoms with Crippen molar-refractivity contribution in [2.45, 2.75) is 37.4 Å². The van der Waals surface area contributed by atoms with Crippen molar-refractivity contribution < 1.29 is 4.74 Å². The van der Waals surface area contributed by atoms with Gasteiger partial charge in [0.15, 0.2) is 0 Å². The Kier molecular flexibility index (Phi) is 4.02. The summed E-state index contributed by atoms with van der Waals surface area (Å²) in [7, 11) is 3.90. The molecule has 26 heavy (non-hydrogen) atoms. The highest BCUT2D eigenvalue weighted by molar-refractivity contribution is 5.39. The van der Waals surface area contributed by atoms with Gasteiger partial charge in [0.05, 0.1) is 13.7 Å². The van der Waals surface area contributed by atoms with E-state index in [4.69, 9.17) is 4.74 Å². The zero-order valence-corrected chi connectivity index (χ0v) is 15.7. The van der Waals surface area contributed by atoms with Gasteiger partial charge in [-0.1, -0.05) is 18.2 Å². The minimum atomic E-state index is 0.513. The summed E-state index contributed by atoms with van der Waals surface area (Å²) < 4.78 is 7.88. The highest BCUT2D eigenvalue weighted by Gasteiger charge is 2.53. The van der Waals surface area contributed by atoms with E-state index in [2.05, 4.69) is 56.9 Å². The summed E-state index contributed by atoms with van der Waals surface area (Å²) >= 11 is 0. The van der Waals surface area contributed by atoms with E-state index in [1.807, 2.05) is 6.20 Å². The van der Waals surface area contributed by atoms with Crippen LogP contribution in [0.4, 0.5) is 0 Å². The Morgan fingerprint density at radius 3 is 2.69 bits per heavy atom. The second kappa shape index (κ2) is 6.39. The second-order valence-corrected chi connectivity index (χ2v) is 8.09. The number of fused-ring (bicyclic) bond motifs is 2. The van der Waals surface area contributed by atoms with E-state index in [1.54, 1.807) is 7.11 Å². The lowest BCUT2D eigenvalue weighted by Crippen LogP contribution is -2.60. The monoisotopic (exact) mass is 352 g/mol. The van der Waals surface area contributed by atoms with Crippen LogP contribution < -0.4 is 4.74 Å². The van der Waals surface area contributed by atoms with Crippen molar-refractivity contribution in [2.24, 2.45) is 13.0 Å². The number of hydrogen-bond donors (Lipinski definition) is 0. The van der Waals surface area contributed by atoms with Crippen molar-refractivity contribution in [3.8, 4) is 5.75 Å². The fourth-order valence-corrected chi connectivity index (χ4v) is 5.70. The predicted octanol–water partition coefficient (Wildman–Crippen LogP) is 2.49. The molecule has 0 radical (unpaired) electrons. The molecule has 0 saturated carbocycles. The number of rotatable bonds is 4. The first kappa shape index (κ1) is 16.3. The van der Waals surface area contributed by atoms with Crippen LogP contribution in [0.2, 0.25) is 0 Å². The minimum Gasteiger partial charge on any atom is -0.496 e. The van der Waals surface area contributed by atoms with Crippen LogP contribution in [0, 0.1) is 5.92 Å². The molecule has 0 aliphatic carbocycles. The minimum absolute atomic E-state index is 0.513. The smallest absolute Gasteiger partial charge is 0.122 e. The Labute approximate surface area is 155 Å². The van der Waals surface area contributed by atoms with Gasteiger partial charge in [0, 0.05) is 49.6 Å². The number of hydrogen-bond acceptors (Lipinski definition) is 4. The van der Waals surface area contributed by atoms with E-state index in [0.29, 0.717) is 18.0 Å². The fourth-order valence-electron chi connectivity index (χ4n) is 5.70. The van der Waals surface area contributed by atoms with Crippen LogP contribution in [0.1, 0.15) is 30.1 Å². The molecule has 4 aliphatic rings. The second-order valence-electron chi connectivity index (χ2n) is 8.09. The number of imidazole rings is 1. The van der Waals surface area contributed by atoms with E-state index >= 15 is 0 Å². The molecule has 2 bridgehead atoms. The number of methoxy groups -OCH3 is 1. The van der Waals surface area contributed by atoms with Gasteiger partial charge in [0.25, 0.3) is 0 Å². The van der Waals surface area contributed by atoms with Gasteiger partial charge < -0.3 is 9.30 Å². The number of ether oxygens (including phenoxy) is 1. The van der Waals surface area contributed by atoms with Crippen molar-refractivity contribution in [1.82, 2.24) is 19.4 Å². The number of benzene rings is 1. The zero-order chi connectivity index (χ0) is 17.7. The Morgan fingerprint density at radius 1 is 1.15 bits per heavy atom. The van der Waals surface area contributed by atoms with Gasteiger partial charge in [-0.25, -0.2) is 4.98 Å². The first-order valence-electron chi connectivity index (χ1n) is 9.83. The van der Waals surface area contributed by atoms with E-state index in [9.17, 15) is 0 Å². The largest absolute Gasteiger partial charge is 0.496 e. The van der Waals surface area contributed by atoms with E-state index in [-0.39, 0.29) is 0 Å². The molecule has 2 aromatic rings. The van der Waals surface area contributed by atoms with Crippen LogP contribution in [0.25, 0.3) is 0 Å². The maximum atomic E-state index is 5.72. The lowest BCUT2D eigenvalue weighted by atomic mass is 9.75. The van der Waals surface area contributed by atoms with Gasteiger partial charge in [-0.2, -0.15) is 0 Å². The molecule has 0 amide bonds. The summed E-state index contributed by atoms with van der Waals surface area (Å²) in [5.41, 5.74) is 1.37. The van der Waals surface area contributed by atoms with Crippen LogP contribution >= 0.6 is 0 Å². The van der Waals surface area contributed by atoms with Crippen molar-refractivity contribution in [3.63, 3.8) is 0 Å². The number of likely N-dealkylation sites (tertiary alicyclic amines) is 1. The van der Waals surface area contributed by atoms with Gasteiger partial charge in [-0.15, -0.1) is 0 Å². The highest BCUT2D eigenvalue weighted by Crippen LogP contribution is 2.48. The number of para-hydroxylation sites is 1. The van der Waals surface area contributed by atoms with Gasteiger partial charge >= 0.3 is 0 Å². The molecule has 4 aliphatic heterocycles. The third kappa shape index (κ3) is 2.48. The van der Waals surface area contributed by atoms with E-state index < -0.39 is 0 Å². The van der Waals surface area contributed by atoms with E-state index in [1.165, 1.54) is 37.3 Å². The number of nitrogens with zero attached hydrogens (tertiary/aromatic N) is 4. The van der Waals surface area contributed by atoms with Crippen LogP contribution in [0.5, 0.6) is 5.75 Å². The quantitative estimate of drug-likeness (QED) is 0.847. The molecule has 5 heterocycles. The molecule has 1 aromatic heterocycles. The highest BCUT2D eigenvalue weighted by atomic mass is 16.5. The third-order valence-corrected chi connectivity index (χ3v) is 6.90. The number of piperidine rings is 3. The zero-order valence-electron chi connectivity index (χ0n) is 15.7.